The number of carbonyl (C=O) groups excluding carboxylic acids is 1. The molecule has 0 spiro atoms. The van der Waals surface area contributed by atoms with Gasteiger partial charge in [-0.3, -0.25) is 4.79 Å². The van der Waals surface area contributed by atoms with Crippen LogP contribution in [0.5, 0.6) is 5.75 Å². The highest BCUT2D eigenvalue weighted by Gasteiger charge is 2.06. The summed E-state index contributed by atoms with van der Waals surface area (Å²) in [6, 6.07) is 5.77. The van der Waals surface area contributed by atoms with Gasteiger partial charge in [0.25, 0.3) is 0 Å². The van der Waals surface area contributed by atoms with Crippen molar-refractivity contribution in [3.63, 3.8) is 0 Å². The first-order chi connectivity index (χ1) is 9.11. The third-order valence-electron chi connectivity index (χ3n) is 2.55. The molecule has 0 aliphatic heterocycles. The summed E-state index contributed by atoms with van der Waals surface area (Å²) in [4.78, 5) is 11.4. The Hall–Kier alpha value is -1.62. The van der Waals surface area contributed by atoms with E-state index >= 15 is 0 Å². The van der Waals surface area contributed by atoms with Gasteiger partial charge in [-0.2, -0.15) is 0 Å². The molecular formula is C14H20FNO3. The van der Waals surface area contributed by atoms with Gasteiger partial charge < -0.3 is 15.2 Å². The maximum absolute atomic E-state index is 12.8. The van der Waals surface area contributed by atoms with Gasteiger partial charge in [-0.25, -0.2) is 4.39 Å². The molecule has 1 atom stereocenters. The standard InChI is InChI=1S/C14H20FNO3/c1-2-4-12(17)10-16-14(18)7-8-19-13-6-3-5-11(15)9-13/h3,5-6,9,12,17H,2,4,7-8,10H2,1H3,(H,16,18). The molecule has 0 radical (unpaired) electrons. The minimum Gasteiger partial charge on any atom is -0.493 e. The van der Waals surface area contributed by atoms with Crippen molar-refractivity contribution in [1.29, 1.82) is 0 Å². The number of halogens is 1. The van der Waals surface area contributed by atoms with Crippen molar-refractivity contribution in [2.24, 2.45) is 0 Å². The Bertz CT molecular complexity index is 398. The Morgan fingerprint density at radius 3 is 3.00 bits per heavy atom. The molecule has 1 rings (SSSR count). The first-order valence-corrected chi connectivity index (χ1v) is 6.45. The normalized spacial score (nSPS) is 11.9. The quantitative estimate of drug-likeness (QED) is 0.757. The Morgan fingerprint density at radius 2 is 2.32 bits per heavy atom. The van der Waals surface area contributed by atoms with Crippen LogP contribution >= 0.6 is 0 Å². The molecule has 1 aromatic rings. The van der Waals surface area contributed by atoms with E-state index < -0.39 is 6.10 Å². The Labute approximate surface area is 112 Å². The first-order valence-electron chi connectivity index (χ1n) is 6.45. The van der Waals surface area contributed by atoms with E-state index in [1.54, 1.807) is 12.1 Å². The van der Waals surface area contributed by atoms with Gasteiger partial charge in [0, 0.05) is 12.6 Å². The lowest BCUT2D eigenvalue weighted by atomic mass is 10.2. The zero-order valence-electron chi connectivity index (χ0n) is 11.1. The van der Waals surface area contributed by atoms with E-state index in [-0.39, 0.29) is 31.3 Å². The molecule has 4 nitrogen and oxygen atoms in total. The summed E-state index contributed by atoms with van der Waals surface area (Å²) in [5.74, 6) is -0.157. The fourth-order valence-corrected chi connectivity index (χ4v) is 1.57. The van der Waals surface area contributed by atoms with Crippen LogP contribution in [0, 0.1) is 5.82 Å². The second kappa shape index (κ2) is 8.48. The number of rotatable bonds is 8. The number of nitrogens with one attached hydrogen (secondary N) is 1. The van der Waals surface area contributed by atoms with Crippen LogP contribution in [-0.4, -0.2) is 30.3 Å². The molecule has 1 aromatic carbocycles. The predicted molar refractivity (Wildman–Crippen MR) is 70.4 cm³/mol. The van der Waals surface area contributed by atoms with Crippen LogP contribution in [-0.2, 0) is 4.79 Å². The summed E-state index contributed by atoms with van der Waals surface area (Å²) in [7, 11) is 0. The third kappa shape index (κ3) is 6.76. The van der Waals surface area contributed by atoms with Gasteiger partial charge in [-0.15, -0.1) is 0 Å². The van der Waals surface area contributed by atoms with Crippen molar-refractivity contribution in [3.05, 3.63) is 30.1 Å². The van der Waals surface area contributed by atoms with Gasteiger partial charge in [0.05, 0.1) is 19.1 Å². The zero-order chi connectivity index (χ0) is 14.1. The summed E-state index contributed by atoms with van der Waals surface area (Å²) in [5, 5.41) is 12.1. The average molecular weight is 269 g/mol. The molecule has 0 aliphatic rings. The summed E-state index contributed by atoms with van der Waals surface area (Å²) in [6.07, 6.45) is 1.22. The number of benzene rings is 1. The van der Waals surface area contributed by atoms with Crippen LogP contribution in [0.1, 0.15) is 26.2 Å². The highest BCUT2D eigenvalue weighted by molar-refractivity contribution is 5.76. The van der Waals surface area contributed by atoms with Crippen LogP contribution in [0.3, 0.4) is 0 Å². The smallest absolute Gasteiger partial charge is 0.223 e. The molecule has 19 heavy (non-hydrogen) atoms. The minimum atomic E-state index is -0.502. The molecule has 0 fully saturated rings. The fourth-order valence-electron chi connectivity index (χ4n) is 1.57. The van der Waals surface area contributed by atoms with E-state index in [4.69, 9.17) is 4.74 Å². The van der Waals surface area contributed by atoms with E-state index in [1.807, 2.05) is 6.92 Å². The van der Waals surface area contributed by atoms with Crippen LogP contribution < -0.4 is 10.1 Å². The maximum Gasteiger partial charge on any atom is 0.223 e. The van der Waals surface area contributed by atoms with Crippen LogP contribution in [0.2, 0.25) is 0 Å². The van der Waals surface area contributed by atoms with E-state index in [0.717, 1.165) is 6.42 Å². The topological polar surface area (TPSA) is 58.6 Å². The van der Waals surface area contributed by atoms with Gasteiger partial charge in [-0.1, -0.05) is 19.4 Å². The van der Waals surface area contributed by atoms with Crippen LogP contribution in [0.4, 0.5) is 4.39 Å². The summed E-state index contributed by atoms with van der Waals surface area (Å²) in [6.45, 7) is 2.41. The van der Waals surface area contributed by atoms with Crippen molar-refractivity contribution in [2.45, 2.75) is 32.3 Å². The number of ether oxygens (including phenoxy) is 1. The van der Waals surface area contributed by atoms with Crippen molar-refractivity contribution < 1.29 is 19.0 Å². The molecule has 2 N–H and O–H groups in total. The third-order valence-corrected chi connectivity index (χ3v) is 2.55. The largest absolute Gasteiger partial charge is 0.493 e. The summed E-state index contributed by atoms with van der Waals surface area (Å²) in [5.41, 5.74) is 0. The molecular weight excluding hydrogens is 249 g/mol. The second-order valence-electron chi connectivity index (χ2n) is 4.30. The van der Waals surface area contributed by atoms with Crippen molar-refractivity contribution >= 4 is 5.91 Å². The summed E-state index contributed by atoms with van der Waals surface area (Å²) >= 11 is 0. The Kier molecular flexibility index (Phi) is 6.89. The molecule has 5 heteroatoms. The van der Waals surface area contributed by atoms with E-state index in [9.17, 15) is 14.3 Å². The number of amides is 1. The van der Waals surface area contributed by atoms with Crippen LogP contribution in [0.15, 0.2) is 24.3 Å². The maximum atomic E-state index is 12.8. The molecule has 0 bridgehead atoms. The highest BCUT2D eigenvalue weighted by Crippen LogP contribution is 2.11. The Balaban J connectivity index is 2.17. The molecule has 0 saturated heterocycles. The van der Waals surface area contributed by atoms with Crippen LogP contribution in [0.25, 0.3) is 0 Å². The first kappa shape index (κ1) is 15.4. The highest BCUT2D eigenvalue weighted by atomic mass is 19.1. The molecule has 1 unspecified atom stereocenters. The van der Waals surface area contributed by atoms with Gasteiger partial charge in [0.15, 0.2) is 0 Å². The van der Waals surface area contributed by atoms with Crippen molar-refractivity contribution in [2.75, 3.05) is 13.2 Å². The van der Waals surface area contributed by atoms with Gasteiger partial charge in [-0.05, 0) is 18.6 Å². The second-order valence-corrected chi connectivity index (χ2v) is 4.30. The SMILES string of the molecule is CCCC(O)CNC(=O)CCOc1cccc(F)c1. The lowest BCUT2D eigenvalue weighted by molar-refractivity contribution is -0.122. The van der Waals surface area contributed by atoms with E-state index in [0.29, 0.717) is 12.2 Å². The van der Waals surface area contributed by atoms with Crippen molar-refractivity contribution in [3.8, 4) is 5.75 Å². The molecule has 0 saturated carbocycles. The summed E-state index contributed by atoms with van der Waals surface area (Å²) < 4.78 is 18.1. The monoisotopic (exact) mass is 269 g/mol. The number of aliphatic hydroxyl groups excluding tert-OH is 1. The molecule has 0 aromatic heterocycles. The number of hydrogen-bond donors (Lipinski definition) is 2. The average Bonchev–Trinajstić information content (AvgIpc) is 2.37. The molecule has 106 valence electrons. The number of carbonyl (C=O) groups is 1. The lowest BCUT2D eigenvalue weighted by Crippen LogP contribution is -2.32. The minimum absolute atomic E-state index is 0.176. The van der Waals surface area contributed by atoms with Gasteiger partial charge in [0.1, 0.15) is 11.6 Å². The fraction of sp³-hybridized carbons (Fsp3) is 0.500. The van der Waals surface area contributed by atoms with E-state index in [2.05, 4.69) is 5.32 Å². The zero-order valence-corrected chi connectivity index (χ0v) is 11.1. The van der Waals surface area contributed by atoms with Gasteiger partial charge >= 0.3 is 0 Å². The molecule has 0 aliphatic carbocycles. The number of hydrogen-bond acceptors (Lipinski definition) is 3. The predicted octanol–water partition coefficient (Wildman–Crippen LogP) is 1.87. The molecule has 1 amide bonds. The van der Waals surface area contributed by atoms with E-state index in [1.165, 1.54) is 12.1 Å². The van der Waals surface area contributed by atoms with Crippen molar-refractivity contribution in [1.82, 2.24) is 5.32 Å². The Morgan fingerprint density at radius 1 is 1.53 bits per heavy atom. The molecule has 0 heterocycles. The lowest BCUT2D eigenvalue weighted by Gasteiger charge is -2.11. The number of aliphatic hydroxyl groups is 1. The van der Waals surface area contributed by atoms with Gasteiger partial charge in [0.2, 0.25) is 5.91 Å².